The second-order valence-electron chi connectivity index (χ2n) is 3.37. The molecule has 84 valence electrons. The van der Waals surface area contributed by atoms with E-state index in [1.54, 1.807) is 7.11 Å². The Kier molecular flexibility index (Phi) is 3.28. The van der Waals surface area contributed by atoms with Crippen molar-refractivity contribution in [2.75, 3.05) is 7.11 Å². The normalized spacial score (nSPS) is 12.6. The highest BCUT2D eigenvalue weighted by Crippen LogP contribution is 2.17. The molecule has 0 amide bonds. The van der Waals surface area contributed by atoms with E-state index < -0.39 is 0 Å². The van der Waals surface area contributed by atoms with Crippen molar-refractivity contribution in [3.05, 3.63) is 47.6 Å². The molecule has 0 saturated heterocycles. The Morgan fingerprint density at radius 1 is 1.38 bits per heavy atom. The van der Waals surface area contributed by atoms with Crippen LogP contribution >= 0.6 is 0 Å². The lowest BCUT2D eigenvalue weighted by Crippen LogP contribution is -2.12. The number of aromatic nitrogens is 2. The third-order valence-corrected chi connectivity index (χ3v) is 2.18. The maximum Gasteiger partial charge on any atom is 0.248 e. The van der Waals surface area contributed by atoms with E-state index in [4.69, 9.17) is 15.0 Å². The van der Waals surface area contributed by atoms with E-state index in [1.807, 2.05) is 30.3 Å². The molecule has 0 fully saturated rings. The van der Waals surface area contributed by atoms with Crippen LogP contribution in [0.25, 0.3) is 0 Å². The standard InChI is InChI=1S/C11H13N3O2/c1-15-7-9-13-11(16-14-9)10(12)8-5-3-2-4-6-8/h2-6,10H,7,12H2,1H3/t10-/m1/s1. The zero-order chi connectivity index (χ0) is 11.4. The van der Waals surface area contributed by atoms with Gasteiger partial charge in [-0.1, -0.05) is 35.5 Å². The van der Waals surface area contributed by atoms with Crippen LogP contribution in [-0.4, -0.2) is 17.3 Å². The van der Waals surface area contributed by atoms with Gasteiger partial charge < -0.3 is 15.0 Å². The highest BCUT2D eigenvalue weighted by Gasteiger charge is 2.16. The van der Waals surface area contributed by atoms with Gasteiger partial charge in [0.25, 0.3) is 0 Å². The van der Waals surface area contributed by atoms with Gasteiger partial charge in [-0.2, -0.15) is 4.98 Å². The first kappa shape index (κ1) is 10.8. The fourth-order valence-corrected chi connectivity index (χ4v) is 1.38. The smallest absolute Gasteiger partial charge is 0.248 e. The number of hydrogen-bond donors (Lipinski definition) is 1. The van der Waals surface area contributed by atoms with E-state index in [1.165, 1.54) is 0 Å². The number of nitrogens with two attached hydrogens (primary N) is 1. The largest absolute Gasteiger partial charge is 0.377 e. The quantitative estimate of drug-likeness (QED) is 0.838. The van der Waals surface area contributed by atoms with Gasteiger partial charge in [0.1, 0.15) is 12.6 Å². The average molecular weight is 219 g/mol. The van der Waals surface area contributed by atoms with E-state index in [2.05, 4.69) is 10.1 Å². The Hall–Kier alpha value is -1.72. The minimum Gasteiger partial charge on any atom is -0.377 e. The molecule has 1 aromatic heterocycles. The molecule has 1 heterocycles. The average Bonchev–Trinajstić information content (AvgIpc) is 2.78. The Bertz CT molecular complexity index is 442. The van der Waals surface area contributed by atoms with Crippen molar-refractivity contribution in [2.24, 2.45) is 5.73 Å². The van der Waals surface area contributed by atoms with Crippen LogP contribution in [0.15, 0.2) is 34.9 Å². The molecule has 0 radical (unpaired) electrons. The molecule has 2 rings (SSSR count). The van der Waals surface area contributed by atoms with E-state index in [0.29, 0.717) is 18.3 Å². The van der Waals surface area contributed by atoms with Gasteiger partial charge in [0.15, 0.2) is 5.82 Å². The van der Waals surface area contributed by atoms with Gasteiger partial charge in [0.2, 0.25) is 5.89 Å². The summed E-state index contributed by atoms with van der Waals surface area (Å²) in [5.41, 5.74) is 6.93. The zero-order valence-corrected chi connectivity index (χ0v) is 8.96. The van der Waals surface area contributed by atoms with Crippen LogP contribution in [0.5, 0.6) is 0 Å². The second kappa shape index (κ2) is 4.87. The van der Waals surface area contributed by atoms with Gasteiger partial charge in [0.05, 0.1) is 0 Å². The van der Waals surface area contributed by atoms with E-state index in [9.17, 15) is 0 Å². The zero-order valence-electron chi connectivity index (χ0n) is 8.96. The summed E-state index contributed by atoms with van der Waals surface area (Å²) in [5.74, 6) is 0.905. The first-order valence-corrected chi connectivity index (χ1v) is 4.93. The van der Waals surface area contributed by atoms with Gasteiger partial charge >= 0.3 is 0 Å². The summed E-state index contributed by atoms with van der Waals surface area (Å²) in [6.45, 7) is 0.324. The van der Waals surface area contributed by atoms with Crippen LogP contribution in [0.2, 0.25) is 0 Å². The maximum absolute atomic E-state index is 5.99. The van der Waals surface area contributed by atoms with Gasteiger partial charge in [0, 0.05) is 7.11 Å². The van der Waals surface area contributed by atoms with Gasteiger partial charge in [-0.15, -0.1) is 0 Å². The molecule has 0 aliphatic rings. The van der Waals surface area contributed by atoms with E-state index in [-0.39, 0.29) is 6.04 Å². The predicted molar refractivity (Wildman–Crippen MR) is 57.5 cm³/mol. The first-order valence-electron chi connectivity index (χ1n) is 4.93. The fourth-order valence-electron chi connectivity index (χ4n) is 1.38. The molecule has 1 aromatic carbocycles. The van der Waals surface area contributed by atoms with Crippen molar-refractivity contribution in [3.8, 4) is 0 Å². The Morgan fingerprint density at radius 3 is 2.81 bits per heavy atom. The molecule has 0 unspecified atom stereocenters. The maximum atomic E-state index is 5.99. The molecule has 0 aliphatic heterocycles. The lowest BCUT2D eigenvalue weighted by molar-refractivity contribution is 0.174. The molecule has 16 heavy (non-hydrogen) atoms. The lowest BCUT2D eigenvalue weighted by Gasteiger charge is -2.05. The number of methoxy groups -OCH3 is 1. The van der Waals surface area contributed by atoms with Gasteiger partial charge in [-0.25, -0.2) is 0 Å². The summed E-state index contributed by atoms with van der Waals surface area (Å²) < 4.78 is 9.97. The van der Waals surface area contributed by atoms with Crippen molar-refractivity contribution in [2.45, 2.75) is 12.6 Å². The van der Waals surface area contributed by atoms with Crippen molar-refractivity contribution in [1.29, 1.82) is 0 Å². The van der Waals surface area contributed by atoms with Gasteiger partial charge in [-0.3, -0.25) is 0 Å². The van der Waals surface area contributed by atoms with E-state index in [0.717, 1.165) is 5.56 Å². The summed E-state index contributed by atoms with van der Waals surface area (Å²) in [6.07, 6.45) is 0. The molecular weight excluding hydrogens is 206 g/mol. The van der Waals surface area contributed by atoms with Crippen LogP contribution in [0.3, 0.4) is 0 Å². The van der Waals surface area contributed by atoms with Crippen molar-refractivity contribution >= 4 is 0 Å². The van der Waals surface area contributed by atoms with Crippen LogP contribution in [0, 0.1) is 0 Å². The van der Waals surface area contributed by atoms with Crippen molar-refractivity contribution in [1.82, 2.24) is 10.1 Å². The van der Waals surface area contributed by atoms with E-state index >= 15 is 0 Å². The van der Waals surface area contributed by atoms with Gasteiger partial charge in [-0.05, 0) is 5.56 Å². The summed E-state index contributed by atoms with van der Waals surface area (Å²) in [7, 11) is 1.58. The van der Waals surface area contributed by atoms with Crippen LogP contribution in [-0.2, 0) is 11.3 Å². The third kappa shape index (κ3) is 2.26. The minimum absolute atomic E-state index is 0.324. The molecule has 5 heteroatoms. The number of hydrogen-bond acceptors (Lipinski definition) is 5. The molecule has 0 saturated carbocycles. The SMILES string of the molecule is COCc1noc([C@H](N)c2ccccc2)n1. The monoisotopic (exact) mass is 219 g/mol. The molecule has 0 aliphatic carbocycles. The highest BCUT2D eigenvalue weighted by molar-refractivity contribution is 5.22. The molecule has 2 aromatic rings. The Balaban J connectivity index is 2.17. The molecule has 2 N–H and O–H groups in total. The molecule has 1 atom stereocenters. The number of ether oxygens (including phenoxy) is 1. The summed E-state index contributed by atoms with van der Waals surface area (Å²) >= 11 is 0. The van der Waals surface area contributed by atoms with Crippen LogP contribution < -0.4 is 5.73 Å². The first-order chi connectivity index (χ1) is 7.81. The predicted octanol–water partition coefficient (Wildman–Crippen LogP) is 1.26. The summed E-state index contributed by atoms with van der Waals surface area (Å²) in [4.78, 5) is 4.15. The Labute approximate surface area is 93.2 Å². The molecule has 0 bridgehead atoms. The molecule has 0 spiro atoms. The second-order valence-corrected chi connectivity index (χ2v) is 3.37. The minimum atomic E-state index is -0.390. The van der Waals surface area contributed by atoms with Crippen LogP contribution in [0.4, 0.5) is 0 Å². The third-order valence-electron chi connectivity index (χ3n) is 2.18. The topological polar surface area (TPSA) is 74.2 Å². The number of benzene rings is 1. The molecular formula is C11H13N3O2. The summed E-state index contributed by atoms with van der Waals surface area (Å²) in [5, 5.41) is 3.76. The highest BCUT2D eigenvalue weighted by atomic mass is 16.5. The number of nitrogens with zero attached hydrogens (tertiary/aromatic N) is 2. The fraction of sp³-hybridized carbons (Fsp3) is 0.273. The lowest BCUT2D eigenvalue weighted by atomic mass is 10.1. The van der Waals surface area contributed by atoms with Crippen molar-refractivity contribution < 1.29 is 9.26 Å². The summed E-state index contributed by atoms with van der Waals surface area (Å²) in [6, 6.07) is 9.22. The number of rotatable bonds is 4. The van der Waals surface area contributed by atoms with Crippen molar-refractivity contribution in [3.63, 3.8) is 0 Å². The Morgan fingerprint density at radius 2 is 2.12 bits per heavy atom. The molecule has 5 nitrogen and oxygen atoms in total. The van der Waals surface area contributed by atoms with Crippen LogP contribution in [0.1, 0.15) is 23.3 Å².